The lowest BCUT2D eigenvalue weighted by Gasteiger charge is -2.44. The predicted molar refractivity (Wildman–Crippen MR) is 87.6 cm³/mol. The largest absolute Gasteiger partial charge is 0.497 e. The van der Waals surface area contributed by atoms with Crippen LogP contribution in [0.5, 0.6) is 5.75 Å². The molecule has 4 atom stereocenters. The number of hydrogen-bond donors (Lipinski definition) is 1. The van der Waals surface area contributed by atoms with Crippen LogP contribution in [0.1, 0.15) is 58.6 Å². The average molecular weight is 287 g/mol. The normalized spacial score (nSPS) is 34.9. The molecule has 2 fully saturated rings. The Morgan fingerprint density at radius 1 is 1.29 bits per heavy atom. The molecule has 0 saturated heterocycles. The number of fused-ring (bicyclic) bond motifs is 2. The number of hydrogen-bond acceptors (Lipinski definition) is 2. The monoisotopic (exact) mass is 287 g/mol. The van der Waals surface area contributed by atoms with Crippen molar-refractivity contribution in [3.8, 4) is 5.75 Å². The Morgan fingerprint density at radius 3 is 2.67 bits per heavy atom. The van der Waals surface area contributed by atoms with E-state index in [4.69, 9.17) is 4.74 Å². The van der Waals surface area contributed by atoms with E-state index in [0.29, 0.717) is 22.9 Å². The second kappa shape index (κ2) is 5.01. The summed E-state index contributed by atoms with van der Waals surface area (Å²) in [5.41, 5.74) is 2.19. The van der Waals surface area contributed by atoms with Crippen LogP contribution >= 0.6 is 0 Å². The number of nitrogens with one attached hydrogen (secondary N) is 1. The summed E-state index contributed by atoms with van der Waals surface area (Å²) < 4.78 is 5.36. The molecule has 1 N–H and O–H groups in total. The van der Waals surface area contributed by atoms with Gasteiger partial charge in [-0.15, -0.1) is 0 Å². The third kappa shape index (κ3) is 2.38. The summed E-state index contributed by atoms with van der Waals surface area (Å²) in [6.45, 7) is 9.67. The van der Waals surface area contributed by atoms with E-state index < -0.39 is 0 Å². The highest BCUT2D eigenvalue weighted by atomic mass is 16.5. The summed E-state index contributed by atoms with van der Waals surface area (Å²) in [4.78, 5) is 0. The van der Waals surface area contributed by atoms with Crippen molar-refractivity contribution >= 4 is 0 Å². The summed E-state index contributed by atoms with van der Waals surface area (Å²) in [6, 6.07) is 9.41. The lowest BCUT2D eigenvalue weighted by Crippen LogP contribution is -2.50. The fourth-order valence-electron chi connectivity index (χ4n) is 4.98. The maximum atomic E-state index is 5.36. The summed E-state index contributed by atoms with van der Waals surface area (Å²) in [6.07, 6.45) is 4.18. The quantitative estimate of drug-likeness (QED) is 0.876. The van der Waals surface area contributed by atoms with Gasteiger partial charge in [0.25, 0.3) is 0 Å². The van der Waals surface area contributed by atoms with E-state index in [1.165, 1.54) is 24.8 Å². The van der Waals surface area contributed by atoms with Gasteiger partial charge in [-0.05, 0) is 60.6 Å². The molecular weight excluding hydrogens is 258 g/mol. The van der Waals surface area contributed by atoms with Crippen LogP contribution in [0, 0.1) is 16.7 Å². The minimum Gasteiger partial charge on any atom is -0.497 e. The Balaban J connectivity index is 1.79. The zero-order valence-electron chi connectivity index (χ0n) is 14.1. The van der Waals surface area contributed by atoms with E-state index >= 15 is 0 Å². The smallest absolute Gasteiger partial charge is 0.119 e. The molecule has 21 heavy (non-hydrogen) atoms. The first-order chi connectivity index (χ1) is 9.87. The van der Waals surface area contributed by atoms with E-state index in [0.717, 1.165) is 11.7 Å². The summed E-state index contributed by atoms with van der Waals surface area (Å²) in [7, 11) is 1.73. The Kier molecular flexibility index (Phi) is 3.56. The predicted octanol–water partition coefficient (Wildman–Crippen LogP) is 4.56. The maximum Gasteiger partial charge on any atom is 0.119 e. The van der Waals surface area contributed by atoms with Gasteiger partial charge in [0, 0.05) is 12.1 Å². The molecule has 0 spiro atoms. The molecule has 2 aliphatic rings. The van der Waals surface area contributed by atoms with Gasteiger partial charge in [0.15, 0.2) is 0 Å². The van der Waals surface area contributed by atoms with Gasteiger partial charge in [0.05, 0.1) is 7.11 Å². The van der Waals surface area contributed by atoms with Crippen LogP contribution in [0.15, 0.2) is 24.3 Å². The van der Waals surface area contributed by atoms with Gasteiger partial charge < -0.3 is 10.1 Å². The Labute approximate surface area is 129 Å². The van der Waals surface area contributed by atoms with Crippen LogP contribution in [0.2, 0.25) is 0 Å². The molecule has 0 aromatic heterocycles. The summed E-state index contributed by atoms with van der Waals surface area (Å²) >= 11 is 0. The van der Waals surface area contributed by atoms with Crippen molar-refractivity contribution in [2.75, 3.05) is 7.11 Å². The molecular formula is C19H29NO. The van der Waals surface area contributed by atoms with Crippen molar-refractivity contribution < 1.29 is 4.74 Å². The third-order valence-corrected chi connectivity index (χ3v) is 6.28. The van der Waals surface area contributed by atoms with Gasteiger partial charge in [0.1, 0.15) is 5.75 Å². The topological polar surface area (TPSA) is 21.3 Å². The molecule has 2 saturated carbocycles. The number of ether oxygens (including phenoxy) is 1. The van der Waals surface area contributed by atoms with Gasteiger partial charge in [-0.2, -0.15) is 0 Å². The highest BCUT2D eigenvalue weighted by Gasteiger charge is 2.59. The van der Waals surface area contributed by atoms with E-state index in [1.54, 1.807) is 7.11 Å². The van der Waals surface area contributed by atoms with E-state index in [-0.39, 0.29) is 0 Å². The lowest BCUT2D eigenvalue weighted by molar-refractivity contribution is 0.100. The molecule has 0 amide bonds. The minimum atomic E-state index is 0.362. The number of benzene rings is 1. The highest BCUT2D eigenvalue weighted by molar-refractivity contribution is 5.30. The van der Waals surface area contributed by atoms with Gasteiger partial charge in [-0.25, -0.2) is 0 Å². The second-order valence-electron chi connectivity index (χ2n) is 8.01. The van der Waals surface area contributed by atoms with Crippen LogP contribution in [0.3, 0.4) is 0 Å². The van der Waals surface area contributed by atoms with Gasteiger partial charge >= 0.3 is 0 Å². The second-order valence-corrected chi connectivity index (χ2v) is 8.01. The molecule has 0 aliphatic heterocycles. The summed E-state index contributed by atoms with van der Waals surface area (Å²) in [5, 5.41) is 3.95. The number of rotatable bonds is 4. The SMILES string of the molecule is COc1cccc(C(C)NC2C(C)(C)[C@H]3CC[C@]2(C)C3)c1. The third-order valence-electron chi connectivity index (χ3n) is 6.28. The lowest BCUT2D eigenvalue weighted by atomic mass is 9.68. The first-order valence-electron chi connectivity index (χ1n) is 8.27. The Bertz CT molecular complexity index is 519. The highest BCUT2D eigenvalue weighted by Crippen LogP contribution is 2.62. The van der Waals surface area contributed by atoms with E-state index in [2.05, 4.69) is 51.2 Å². The van der Waals surface area contributed by atoms with Crippen molar-refractivity contribution in [2.45, 2.75) is 59.0 Å². The molecule has 2 unspecified atom stereocenters. The van der Waals surface area contributed by atoms with Crippen molar-refractivity contribution in [1.29, 1.82) is 0 Å². The van der Waals surface area contributed by atoms with Crippen LogP contribution < -0.4 is 10.1 Å². The van der Waals surface area contributed by atoms with Crippen LogP contribution in [0.4, 0.5) is 0 Å². The zero-order valence-corrected chi connectivity index (χ0v) is 14.1. The fraction of sp³-hybridized carbons (Fsp3) is 0.684. The first kappa shape index (κ1) is 14.9. The van der Waals surface area contributed by atoms with Crippen LogP contribution in [0.25, 0.3) is 0 Å². The van der Waals surface area contributed by atoms with Crippen LogP contribution in [-0.4, -0.2) is 13.2 Å². The molecule has 3 rings (SSSR count). The molecule has 0 radical (unpaired) electrons. The summed E-state index contributed by atoms with van der Waals surface area (Å²) in [5.74, 6) is 1.83. The maximum absolute atomic E-state index is 5.36. The standard InChI is InChI=1S/C19H29NO/c1-13(14-7-6-8-16(11-14)21-5)20-17-18(2,3)15-9-10-19(17,4)12-15/h6-8,11,13,15,17,20H,9-10,12H2,1-5H3/t13?,15-,17?,19+/m0/s1. The fourth-order valence-corrected chi connectivity index (χ4v) is 4.98. The first-order valence-corrected chi connectivity index (χ1v) is 8.27. The van der Waals surface area contributed by atoms with Gasteiger partial charge in [-0.3, -0.25) is 0 Å². The molecule has 1 aromatic carbocycles. The van der Waals surface area contributed by atoms with Crippen molar-refractivity contribution in [3.05, 3.63) is 29.8 Å². The Morgan fingerprint density at radius 2 is 2.05 bits per heavy atom. The van der Waals surface area contributed by atoms with E-state index in [1.807, 2.05) is 6.07 Å². The zero-order chi connectivity index (χ0) is 15.3. The molecule has 116 valence electrons. The van der Waals surface area contributed by atoms with Crippen LogP contribution in [-0.2, 0) is 0 Å². The van der Waals surface area contributed by atoms with Gasteiger partial charge in [0.2, 0.25) is 0 Å². The molecule has 2 nitrogen and oxygen atoms in total. The molecule has 2 aliphatic carbocycles. The Hall–Kier alpha value is -1.02. The van der Waals surface area contributed by atoms with Crippen molar-refractivity contribution in [3.63, 3.8) is 0 Å². The van der Waals surface area contributed by atoms with Crippen molar-refractivity contribution in [2.24, 2.45) is 16.7 Å². The molecule has 1 aromatic rings. The van der Waals surface area contributed by atoms with Crippen molar-refractivity contribution in [1.82, 2.24) is 5.32 Å². The minimum absolute atomic E-state index is 0.362. The number of methoxy groups -OCH3 is 1. The molecule has 0 heterocycles. The molecule has 2 heteroatoms. The van der Waals surface area contributed by atoms with E-state index in [9.17, 15) is 0 Å². The van der Waals surface area contributed by atoms with Gasteiger partial charge in [-0.1, -0.05) is 32.9 Å². The average Bonchev–Trinajstić information content (AvgIpc) is 2.94. The molecule has 2 bridgehead atoms.